The fraction of sp³-hybridized carbons (Fsp3) is 0.556. The summed E-state index contributed by atoms with van der Waals surface area (Å²) < 4.78 is 16.6. The molecule has 6 heteroatoms. The highest BCUT2D eigenvalue weighted by atomic mass is 35.5. The molecular weight excluding hydrogens is 330 g/mol. The molecule has 3 heterocycles. The van der Waals surface area contributed by atoms with E-state index >= 15 is 0 Å². The predicted molar refractivity (Wildman–Crippen MR) is 88.4 cm³/mol. The van der Waals surface area contributed by atoms with Crippen LogP contribution in [0.4, 0.5) is 0 Å². The molecule has 128 valence electrons. The number of alkyl halides is 1. The maximum absolute atomic E-state index is 11.2. The van der Waals surface area contributed by atoms with Crippen LogP contribution in [0.3, 0.4) is 0 Å². The maximum Gasteiger partial charge on any atom is 0.231 e. The number of fused-ring (bicyclic) bond motifs is 3. The summed E-state index contributed by atoms with van der Waals surface area (Å²) in [6.07, 6.45) is 5.02. The Labute approximate surface area is 145 Å². The Hall–Kier alpha value is -1.43. The zero-order valence-electron chi connectivity index (χ0n) is 13.5. The summed E-state index contributed by atoms with van der Waals surface area (Å²) in [6, 6.07) is 4.05. The van der Waals surface area contributed by atoms with Gasteiger partial charge in [0.25, 0.3) is 0 Å². The van der Waals surface area contributed by atoms with Crippen molar-refractivity contribution in [1.82, 2.24) is 4.90 Å². The largest absolute Gasteiger partial charge is 0.497 e. The molecule has 0 amide bonds. The van der Waals surface area contributed by atoms with Gasteiger partial charge in [0, 0.05) is 6.54 Å². The first-order valence-electron chi connectivity index (χ1n) is 8.42. The van der Waals surface area contributed by atoms with E-state index < -0.39 is 5.06 Å². The van der Waals surface area contributed by atoms with Crippen LogP contribution < -0.4 is 9.47 Å². The van der Waals surface area contributed by atoms with E-state index in [1.54, 1.807) is 7.11 Å². The average molecular weight is 350 g/mol. The van der Waals surface area contributed by atoms with Crippen LogP contribution >= 0.6 is 11.6 Å². The molecule has 5 nitrogen and oxygen atoms in total. The summed E-state index contributed by atoms with van der Waals surface area (Å²) in [5.74, 6) is 1.68. The van der Waals surface area contributed by atoms with Gasteiger partial charge in [-0.15, -0.1) is 0 Å². The van der Waals surface area contributed by atoms with E-state index in [1.807, 2.05) is 12.1 Å². The number of hydrogen-bond donors (Lipinski definition) is 1. The third-order valence-corrected chi connectivity index (χ3v) is 6.42. The Kier molecular flexibility index (Phi) is 2.98. The molecule has 1 aromatic rings. The molecule has 0 saturated carbocycles. The minimum Gasteiger partial charge on any atom is -0.497 e. The lowest BCUT2D eigenvalue weighted by atomic mass is 9.77. The number of benzene rings is 1. The number of hydrogen-bond acceptors (Lipinski definition) is 5. The van der Waals surface area contributed by atoms with E-state index in [4.69, 9.17) is 25.8 Å². The van der Waals surface area contributed by atoms with Crippen molar-refractivity contribution in [3.05, 3.63) is 35.1 Å². The standard InChI is InChI=1S/C18H20ClNO4/c1-22-15-9-17-4-2-5-20(17)6-3-11-7-13-14(24-10-23-13)8-12(11)16(17)18(15,19)21/h7-9,16,21H,2-6,10H2,1H3/t16-,17-,18?/m0/s1. The molecule has 1 spiro atoms. The van der Waals surface area contributed by atoms with Crippen LogP contribution in [0.25, 0.3) is 0 Å². The molecule has 0 radical (unpaired) electrons. The summed E-state index contributed by atoms with van der Waals surface area (Å²) in [7, 11) is 1.57. The van der Waals surface area contributed by atoms with Gasteiger partial charge in [-0.3, -0.25) is 4.90 Å². The third kappa shape index (κ3) is 1.73. The lowest BCUT2D eigenvalue weighted by molar-refractivity contribution is 0.0479. The SMILES string of the molecule is COC1=C[C@]23CCCN2CCc2cc4c(cc2[C@@H]3C1(O)Cl)OCO4. The summed E-state index contributed by atoms with van der Waals surface area (Å²) in [6.45, 7) is 2.19. The van der Waals surface area contributed by atoms with Gasteiger partial charge in [0.2, 0.25) is 11.9 Å². The molecule has 3 aliphatic heterocycles. The molecule has 0 bridgehead atoms. The van der Waals surface area contributed by atoms with E-state index in [1.165, 1.54) is 5.56 Å². The molecule has 1 aromatic carbocycles. The van der Waals surface area contributed by atoms with Crippen molar-refractivity contribution in [3.63, 3.8) is 0 Å². The number of ether oxygens (including phenoxy) is 3. The topological polar surface area (TPSA) is 51.2 Å². The lowest BCUT2D eigenvalue weighted by Gasteiger charge is -2.40. The van der Waals surface area contributed by atoms with Gasteiger partial charge in [-0.2, -0.15) is 0 Å². The van der Waals surface area contributed by atoms with Crippen LogP contribution in [0.1, 0.15) is 29.9 Å². The van der Waals surface area contributed by atoms with E-state index in [0.717, 1.165) is 49.4 Å². The molecular formula is C18H20ClNO4. The summed E-state index contributed by atoms with van der Waals surface area (Å²) in [5, 5.41) is 9.63. The van der Waals surface area contributed by atoms with Gasteiger partial charge in [0.05, 0.1) is 18.6 Å². The number of nitrogens with zero attached hydrogens (tertiary/aromatic N) is 1. The van der Waals surface area contributed by atoms with Crippen LogP contribution in [-0.2, 0) is 11.2 Å². The van der Waals surface area contributed by atoms with Gasteiger partial charge in [0.15, 0.2) is 11.5 Å². The minimum atomic E-state index is -1.55. The molecule has 1 aliphatic carbocycles. The first kappa shape index (κ1) is 14.9. The number of aliphatic hydroxyl groups is 1. The van der Waals surface area contributed by atoms with E-state index in [0.29, 0.717) is 5.76 Å². The van der Waals surface area contributed by atoms with Crippen molar-refractivity contribution < 1.29 is 19.3 Å². The van der Waals surface area contributed by atoms with E-state index in [9.17, 15) is 5.11 Å². The fourth-order valence-electron chi connectivity index (χ4n) is 5.03. The van der Waals surface area contributed by atoms with Crippen molar-refractivity contribution >= 4 is 11.6 Å². The molecule has 4 aliphatic rings. The summed E-state index contributed by atoms with van der Waals surface area (Å²) in [5.41, 5.74) is 1.92. The second kappa shape index (κ2) is 4.81. The van der Waals surface area contributed by atoms with Gasteiger partial charge >= 0.3 is 0 Å². The van der Waals surface area contributed by atoms with Gasteiger partial charge < -0.3 is 19.3 Å². The lowest BCUT2D eigenvalue weighted by Crippen LogP contribution is -2.49. The Morgan fingerprint density at radius 2 is 2.08 bits per heavy atom. The van der Waals surface area contributed by atoms with E-state index in [-0.39, 0.29) is 18.2 Å². The summed E-state index contributed by atoms with van der Waals surface area (Å²) in [4.78, 5) is 2.45. The molecule has 24 heavy (non-hydrogen) atoms. The van der Waals surface area contributed by atoms with Crippen LogP contribution in [-0.4, -0.2) is 47.6 Å². The van der Waals surface area contributed by atoms with Crippen LogP contribution in [0, 0.1) is 0 Å². The zero-order chi connectivity index (χ0) is 16.5. The Morgan fingerprint density at radius 1 is 1.29 bits per heavy atom. The van der Waals surface area contributed by atoms with Crippen LogP contribution in [0.5, 0.6) is 11.5 Å². The highest BCUT2D eigenvalue weighted by Crippen LogP contribution is 2.59. The monoisotopic (exact) mass is 349 g/mol. The number of halogens is 1. The molecule has 1 saturated heterocycles. The Bertz CT molecular complexity index is 747. The maximum atomic E-state index is 11.2. The number of methoxy groups -OCH3 is 1. The van der Waals surface area contributed by atoms with Gasteiger partial charge in [0.1, 0.15) is 5.76 Å². The quantitative estimate of drug-likeness (QED) is 0.789. The Morgan fingerprint density at radius 3 is 2.88 bits per heavy atom. The molecule has 1 fully saturated rings. The first-order valence-corrected chi connectivity index (χ1v) is 8.80. The van der Waals surface area contributed by atoms with E-state index in [2.05, 4.69) is 11.0 Å². The van der Waals surface area contributed by atoms with Crippen molar-refractivity contribution in [2.24, 2.45) is 0 Å². The predicted octanol–water partition coefficient (Wildman–Crippen LogP) is 2.36. The number of rotatable bonds is 1. The van der Waals surface area contributed by atoms with Crippen molar-refractivity contribution in [3.8, 4) is 11.5 Å². The molecule has 1 N–H and O–H groups in total. The van der Waals surface area contributed by atoms with Crippen LogP contribution in [0.2, 0.25) is 0 Å². The van der Waals surface area contributed by atoms with Gasteiger partial charge in [-0.05, 0) is 55.1 Å². The minimum absolute atomic E-state index is 0.243. The smallest absolute Gasteiger partial charge is 0.231 e. The molecule has 3 atom stereocenters. The molecule has 1 unspecified atom stereocenters. The Balaban J connectivity index is 1.74. The molecule has 5 rings (SSSR count). The zero-order valence-corrected chi connectivity index (χ0v) is 14.3. The summed E-state index contributed by atoms with van der Waals surface area (Å²) >= 11 is 6.68. The highest BCUT2D eigenvalue weighted by Gasteiger charge is 2.62. The van der Waals surface area contributed by atoms with Crippen molar-refractivity contribution in [1.29, 1.82) is 0 Å². The second-order valence-electron chi connectivity index (χ2n) is 7.06. The first-order chi connectivity index (χ1) is 11.6. The third-order valence-electron chi connectivity index (χ3n) is 6.02. The normalized spacial score (nSPS) is 36.6. The fourth-order valence-corrected chi connectivity index (χ4v) is 5.47. The van der Waals surface area contributed by atoms with Gasteiger partial charge in [-0.1, -0.05) is 11.6 Å². The van der Waals surface area contributed by atoms with Crippen molar-refractivity contribution in [2.75, 3.05) is 27.0 Å². The highest BCUT2D eigenvalue weighted by molar-refractivity contribution is 6.25. The average Bonchev–Trinajstić information content (AvgIpc) is 3.19. The second-order valence-corrected chi connectivity index (χ2v) is 7.63. The van der Waals surface area contributed by atoms with Gasteiger partial charge in [-0.25, -0.2) is 0 Å². The molecule has 0 aromatic heterocycles. The van der Waals surface area contributed by atoms with Crippen LogP contribution in [0.15, 0.2) is 24.0 Å². The van der Waals surface area contributed by atoms with Crippen molar-refractivity contribution in [2.45, 2.75) is 35.8 Å².